The molecule has 4 rings (SSSR count). The van der Waals surface area contributed by atoms with Crippen LogP contribution in [0.5, 0.6) is 5.75 Å². The molecule has 3 heterocycles. The number of para-hydroxylation sites is 1. The number of amides is 1. The second-order valence-corrected chi connectivity index (χ2v) is 11.6. The predicted octanol–water partition coefficient (Wildman–Crippen LogP) is 4.80. The van der Waals surface area contributed by atoms with Crippen LogP contribution in [-0.4, -0.2) is 65.2 Å². The number of carbonyl (C=O) groups excluding carboxylic acids is 3. The van der Waals surface area contributed by atoms with Gasteiger partial charge in [0.15, 0.2) is 5.17 Å². The maximum atomic E-state index is 13.6. The minimum atomic E-state index is -0.697. The van der Waals surface area contributed by atoms with Crippen LogP contribution >= 0.6 is 11.8 Å². The first kappa shape index (κ1) is 28.7. The average molecular weight is 556 g/mol. The van der Waals surface area contributed by atoms with E-state index in [-0.39, 0.29) is 24.2 Å². The van der Waals surface area contributed by atoms with Crippen LogP contribution in [-0.2, 0) is 23.9 Å². The van der Waals surface area contributed by atoms with Crippen molar-refractivity contribution in [3.8, 4) is 5.75 Å². The first-order chi connectivity index (χ1) is 18.5. The lowest BCUT2D eigenvalue weighted by Gasteiger charge is -2.38. The van der Waals surface area contributed by atoms with Gasteiger partial charge in [-0.1, -0.05) is 30.0 Å². The van der Waals surface area contributed by atoms with Crippen LogP contribution < -0.4 is 4.74 Å². The molecule has 0 bridgehead atoms. The fourth-order valence-electron chi connectivity index (χ4n) is 5.07. The number of fused-ring (bicyclic) bond motifs is 1. The number of benzene rings is 1. The van der Waals surface area contributed by atoms with Crippen molar-refractivity contribution in [3.05, 3.63) is 52.2 Å². The van der Waals surface area contributed by atoms with Gasteiger partial charge in [0.2, 0.25) is 5.91 Å². The van der Waals surface area contributed by atoms with Crippen molar-refractivity contribution in [2.75, 3.05) is 26.8 Å². The average Bonchev–Trinajstić information content (AvgIpc) is 3.28. The normalized spacial score (nSPS) is 21.2. The number of methoxy groups -OCH3 is 1. The molecule has 0 spiro atoms. The van der Waals surface area contributed by atoms with E-state index >= 15 is 0 Å². The largest absolute Gasteiger partial charge is 0.496 e. The monoisotopic (exact) mass is 555 g/mol. The van der Waals surface area contributed by atoms with E-state index in [9.17, 15) is 14.4 Å². The van der Waals surface area contributed by atoms with Crippen LogP contribution in [0.4, 0.5) is 0 Å². The SMILES string of the molecule is CCOC(=O)[C@@H]1CCCN(C(=O)CC2=CSC3=NC(C)=C(C(=O)OC(C)(C)C)[C@@H](c4ccccc4OC)N23)C1. The smallest absolute Gasteiger partial charge is 0.338 e. The van der Waals surface area contributed by atoms with Crippen LogP contribution in [0.3, 0.4) is 0 Å². The van der Waals surface area contributed by atoms with Crippen LogP contribution in [0, 0.1) is 5.92 Å². The third kappa shape index (κ3) is 6.32. The highest BCUT2D eigenvalue weighted by Gasteiger charge is 2.43. The second kappa shape index (κ2) is 11.9. The van der Waals surface area contributed by atoms with Crippen molar-refractivity contribution in [1.29, 1.82) is 0 Å². The Morgan fingerprint density at radius 3 is 2.62 bits per heavy atom. The van der Waals surface area contributed by atoms with E-state index in [4.69, 9.17) is 19.2 Å². The number of allylic oxidation sites excluding steroid dienone is 1. The lowest BCUT2D eigenvalue weighted by molar-refractivity contribution is -0.152. The zero-order chi connectivity index (χ0) is 28.3. The lowest BCUT2D eigenvalue weighted by Crippen LogP contribution is -2.44. The summed E-state index contributed by atoms with van der Waals surface area (Å²) in [5, 5.41) is 2.60. The zero-order valence-corrected chi connectivity index (χ0v) is 24.3. The molecular formula is C29H37N3O6S. The highest BCUT2D eigenvalue weighted by molar-refractivity contribution is 8.16. The van der Waals surface area contributed by atoms with Gasteiger partial charge in [-0.15, -0.1) is 0 Å². The molecule has 0 unspecified atom stereocenters. The Hall–Kier alpha value is -3.27. The van der Waals surface area contributed by atoms with E-state index in [1.54, 1.807) is 25.9 Å². The van der Waals surface area contributed by atoms with Crippen LogP contribution in [0.2, 0.25) is 0 Å². The van der Waals surface area contributed by atoms with Gasteiger partial charge < -0.3 is 24.0 Å². The number of nitrogens with zero attached hydrogens (tertiary/aromatic N) is 3. The summed E-state index contributed by atoms with van der Waals surface area (Å²) in [4.78, 5) is 47.8. The molecule has 1 saturated heterocycles. The molecule has 0 aliphatic carbocycles. The number of ether oxygens (including phenoxy) is 3. The summed E-state index contributed by atoms with van der Waals surface area (Å²) < 4.78 is 16.7. The molecule has 0 radical (unpaired) electrons. The summed E-state index contributed by atoms with van der Waals surface area (Å²) >= 11 is 1.42. The number of thioether (sulfide) groups is 1. The summed E-state index contributed by atoms with van der Waals surface area (Å²) in [5.74, 6) is -0.494. The van der Waals surface area contributed by atoms with Crippen LogP contribution in [0.25, 0.3) is 0 Å². The summed E-state index contributed by atoms with van der Waals surface area (Å²) in [6, 6.07) is 6.95. The van der Waals surface area contributed by atoms with E-state index in [2.05, 4.69) is 0 Å². The molecule has 0 N–H and O–H groups in total. The Balaban J connectivity index is 1.65. The van der Waals surface area contributed by atoms with Gasteiger partial charge in [0.05, 0.1) is 43.4 Å². The van der Waals surface area contributed by atoms with Crippen LogP contribution in [0.15, 0.2) is 51.6 Å². The number of esters is 2. The summed E-state index contributed by atoms with van der Waals surface area (Å²) in [5.41, 5.74) is 1.77. The van der Waals surface area contributed by atoms with Gasteiger partial charge in [0, 0.05) is 24.4 Å². The molecular weight excluding hydrogens is 518 g/mol. The number of hydrogen-bond donors (Lipinski definition) is 0. The minimum absolute atomic E-state index is 0.0824. The van der Waals surface area contributed by atoms with Crippen molar-refractivity contribution >= 4 is 34.8 Å². The van der Waals surface area contributed by atoms with Crippen molar-refractivity contribution in [3.63, 3.8) is 0 Å². The van der Waals surface area contributed by atoms with Crippen molar-refractivity contribution < 1.29 is 28.6 Å². The number of rotatable bonds is 7. The molecule has 1 aromatic rings. The summed E-state index contributed by atoms with van der Waals surface area (Å²) in [7, 11) is 1.59. The van der Waals surface area contributed by atoms with Gasteiger partial charge in [0.1, 0.15) is 11.4 Å². The number of hydrogen-bond acceptors (Lipinski definition) is 9. The molecule has 1 fully saturated rings. The standard InChI is InChI=1S/C29H37N3O6S/c1-7-37-26(34)19-11-10-14-31(16-19)23(33)15-20-17-39-28-30-18(2)24(27(35)38-29(3,4)5)25(32(20)28)21-12-8-9-13-22(21)36-6/h8-9,12-13,17,19,25H,7,10-11,14-16H2,1-6H3/t19-,25-/m1/s1. The first-order valence-corrected chi connectivity index (χ1v) is 14.2. The molecule has 1 amide bonds. The molecule has 10 heteroatoms. The van der Waals surface area contributed by atoms with E-state index in [0.717, 1.165) is 17.7 Å². The van der Waals surface area contributed by atoms with Gasteiger partial charge in [-0.3, -0.25) is 9.59 Å². The maximum Gasteiger partial charge on any atom is 0.338 e. The molecule has 0 saturated carbocycles. The van der Waals surface area contributed by atoms with Crippen molar-refractivity contribution in [2.45, 2.75) is 65.5 Å². The second-order valence-electron chi connectivity index (χ2n) is 10.7. The topological polar surface area (TPSA) is 97.7 Å². The van der Waals surface area contributed by atoms with Gasteiger partial charge in [0.25, 0.3) is 0 Å². The predicted molar refractivity (Wildman–Crippen MR) is 150 cm³/mol. The Kier molecular flexibility index (Phi) is 8.73. The zero-order valence-electron chi connectivity index (χ0n) is 23.5. The lowest BCUT2D eigenvalue weighted by atomic mass is 9.92. The minimum Gasteiger partial charge on any atom is -0.496 e. The van der Waals surface area contributed by atoms with E-state index in [0.29, 0.717) is 48.3 Å². The van der Waals surface area contributed by atoms with Crippen LogP contribution in [0.1, 0.15) is 65.5 Å². The van der Waals surface area contributed by atoms with Crippen molar-refractivity contribution in [1.82, 2.24) is 9.80 Å². The van der Waals surface area contributed by atoms with Gasteiger partial charge >= 0.3 is 11.9 Å². The molecule has 210 valence electrons. The number of likely N-dealkylation sites (tertiary alicyclic amines) is 1. The molecule has 1 aromatic carbocycles. The molecule has 3 aliphatic heterocycles. The fourth-order valence-corrected chi connectivity index (χ4v) is 6.04. The third-order valence-electron chi connectivity index (χ3n) is 6.78. The highest BCUT2D eigenvalue weighted by atomic mass is 32.2. The highest BCUT2D eigenvalue weighted by Crippen LogP contribution is 2.47. The fraction of sp³-hybridized carbons (Fsp3) is 0.517. The summed E-state index contributed by atoms with van der Waals surface area (Å²) in [6.45, 7) is 10.3. The maximum absolute atomic E-state index is 13.6. The first-order valence-electron chi connectivity index (χ1n) is 13.3. The summed E-state index contributed by atoms with van der Waals surface area (Å²) in [6.07, 6.45) is 1.56. The van der Waals surface area contributed by atoms with Gasteiger partial charge in [-0.25, -0.2) is 9.79 Å². The van der Waals surface area contributed by atoms with E-state index in [1.807, 2.05) is 55.3 Å². The Labute approximate surface area is 234 Å². The molecule has 2 atom stereocenters. The number of piperidine rings is 1. The molecule has 9 nitrogen and oxygen atoms in total. The quantitative estimate of drug-likeness (QED) is 0.443. The van der Waals surface area contributed by atoms with E-state index < -0.39 is 17.6 Å². The molecule has 3 aliphatic rings. The molecule has 39 heavy (non-hydrogen) atoms. The van der Waals surface area contributed by atoms with E-state index in [1.165, 1.54) is 11.8 Å². The Morgan fingerprint density at radius 1 is 1.18 bits per heavy atom. The Morgan fingerprint density at radius 2 is 1.92 bits per heavy atom. The van der Waals surface area contributed by atoms with Gasteiger partial charge in [-0.2, -0.15) is 0 Å². The number of amidine groups is 1. The number of aliphatic imine (C=N–C) groups is 1. The van der Waals surface area contributed by atoms with Crippen molar-refractivity contribution in [2.24, 2.45) is 10.9 Å². The molecule has 0 aromatic heterocycles. The third-order valence-corrected chi connectivity index (χ3v) is 7.67. The number of carbonyl (C=O) groups is 3. The Bertz CT molecular complexity index is 1230. The van der Waals surface area contributed by atoms with Gasteiger partial charge in [-0.05, 0) is 58.9 Å².